The lowest BCUT2D eigenvalue weighted by molar-refractivity contribution is -0.135. The van der Waals surface area contributed by atoms with E-state index in [0.717, 1.165) is 32.6 Å². The Morgan fingerprint density at radius 1 is 1.10 bits per heavy atom. The number of piperazine rings is 1. The summed E-state index contributed by atoms with van der Waals surface area (Å²) in [5.41, 5.74) is 6.03. The van der Waals surface area contributed by atoms with Crippen LogP contribution in [0.25, 0.3) is 0 Å². The van der Waals surface area contributed by atoms with E-state index in [0.29, 0.717) is 12.0 Å². The fraction of sp³-hybridized carbons (Fsp3) is 0.938. The first-order chi connectivity index (χ1) is 9.97. The molecular formula is C16H32N4O. The molecule has 2 N–H and O–H groups in total. The Morgan fingerprint density at radius 2 is 1.67 bits per heavy atom. The summed E-state index contributed by atoms with van der Waals surface area (Å²) in [4.78, 5) is 19.3. The Bertz CT molecular complexity index is 331. The average Bonchev–Trinajstić information content (AvgIpc) is 2.47. The van der Waals surface area contributed by atoms with Crippen LogP contribution in [0, 0.1) is 5.92 Å². The van der Waals surface area contributed by atoms with Crippen molar-refractivity contribution in [3.8, 4) is 0 Å². The normalized spacial score (nSPS) is 24.5. The van der Waals surface area contributed by atoms with Gasteiger partial charge in [0.25, 0.3) is 0 Å². The maximum atomic E-state index is 12.3. The molecule has 2 heterocycles. The predicted octanol–water partition coefficient (Wildman–Crippen LogP) is 0.598. The van der Waals surface area contributed by atoms with Crippen molar-refractivity contribution < 1.29 is 4.79 Å². The van der Waals surface area contributed by atoms with E-state index >= 15 is 0 Å². The Labute approximate surface area is 129 Å². The van der Waals surface area contributed by atoms with E-state index in [1.807, 2.05) is 4.90 Å². The van der Waals surface area contributed by atoms with E-state index in [1.54, 1.807) is 0 Å². The zero-order valence-corrected chi connectivity index (χ0v) is 13.9. The summed E-state index contributed by atoms with van der Waals surface area (Å²) in [7, 11) is 2.20. The summed E-state index contributed by atoms with van der Waals surface area (Å²) in [5, 5.41) is 0. The second-order valence-corrected chi connectivity index (χ2v) is 7.13. The summed E-state index contributed by atoms with van der Waals surface area (Å²) in [6.45, 7) is 10.3. The quantitative estimate of drug-likeness (QED) is 0.825. The van der Waals surface area contributed by atoms with Gasteiger partial charge in [0.05, 0.1) is 6.04 Å². The highest BCUT2D eigenvalue weighted by atomic mass is 16.2. The molecule has 0 aromatic carbocycles. The summed E-state index contributed by atoms with van der Waals surface area (Å²) >= 11 is 0. The van der Waals surface area contributed by atoms with Gasteiger partial charge in [-0.05, 0) is 45.3 Å². The summed E-state index contributed by atoms with van der Waals surface area (Å²) in [6.07, 6.45) is 3.31. The molecule has 0 saturated carbocycles. The highest BCUT2D eigenvalue weighted by Crippen LogP contribution is 2.18. The fourth-order valence-electron chi connectivity index (χ4n) is 3.51. The van der Waals surface area contributed by atoms with Crippen LogP contribution in [0.3, 0.4) is 0 Å². The molecule has 2 fully saturated rings. The van der Waals surface area contributed by atoms with Crippen LogP contribution < -0.4 is 5.73 Å². The maximum absolute atomic E-state index is 12.3. The number of carbonyl (C=O) groups is 1. The van der Waals surface area contributed by atoms with Crippen molar-refractivity contribution in [1.29, 1.82) is 0 Å². The highest BCUT2D eigenvalue weighted by molar-refractivity contribution is 5.81. The van der Waals surface area contributed by atoms with Crippen LogP contribution in [-0.2, 0) is 4.79 Å². The van der Waals surface area contributed by atoms with Crippen LogP contribution in [-0.4, -0.2) is 79.0 Å². The van der Waals surface area contributed by atoms with Gasteiger partial charge in [0.1, 0.15) is 0 Å². The van der Waals surface area contributed by atoms with Crippen molar-refractivity contribution in [2.24, 2.45) is 11.7 Å². The van der Waals surface area contributed by atoms with Crippen LogP contribution in [0.5, 0.6) is 0 Å². The summed E-state index contributed by atoms with van der Waals surface area (Å²) in [6, 6.07) is 0.391. The Kier molecular flexibility index (Phi) is 6.02. The minimum Gasteiger partial charge on any atom is -0.339 e. The zero-order chi connectivity index (χ0) is 15.4. The topological polar surface area (TPSA) is 52.8 Å². The van der Waals surface area contributed by atoms with Gasteiger partial charge in [-0.3, -0.25) is 9.69 Å². The first-order valence-electron chi connectivity index (χ1n) is 8.44. The Morgan fingerprint density at radius 3 is 2.19 bits per heavy atom. The molecule has 1 atom stereocenters. The average molecular weight is 296 g/mol. The van der Waals surface area contributed by atoms with Crippen LogP contribution in [0.2, 0.25) is 0 Å². The number of rotatable bonds is 4. The SMILES string of the molecule is CC(C)C[C@@H](N)C(=O)N1CCN(C2CCN(C)CC2)CC1. The van der Waals surface area contributed by atoms with Gasteiger partial charge in [0.15, 0.2) is 0 Å². The summed E-state index contributed by atoms with van der Waals surface area (Å²) < 4.78 is 0. The van der Waals surface area contributed by atoms with Crippen molar-refractivity contribution >= 4 is 5.91 Å². The van der Waals surface area contributed by atoms with Gasteiger partial charge in [0, 0.05) is 32.2 Å². The molecule has 21 heavy (non-hydrogen) atoms. The maximum Gasteiger partial charge on any atom is 0.239 e. The van der Waals surface area contributed by atoms with Gasteiger partial charge >= 0.3 is 0 Å². The molecular weight excluding hydrogens is 264 g/mol. The molecule has 0 aromatic rings. The third kappa shape index (κ3) is 4.66. The number of amides is 1. The van der Waals surface area contributed by atoms with Crippen molar-refractivity contribution in [2.75, 3.05) is 46.3 Å². The van der Waals surface area contributed by atoms with Crippen LogP contribution in [0.15, 0.2) is 0 Å². The van der Waals surface area contributed by atoms with E-state index in [9.17, 15) is 4.79 Å². The predicted molar refractivity (Wildman–Crippen MR) is 86.1 cm³/mol. The van der Waals surface area contributed by atoms with Crippen molar-refractivity contribution in [3.05, 3.63) is 0 Å². The van der Waals surface area contributed by atoms with Gasteiger partial charge in [-0.1, -0.05) is 13.8 Å². The zero-order valence-electron chi connectivity index (χ0n) is 13.9. The monoisotopic (exact) mass is 296 g/mol. The molecule has 122 valence electrons. The molecule has 5 heteroatoms. The van der Waals surface area contributed by atoms with Gasteiger partial charge in [-0.25, -0.2) is 0 Å². The van der Waals surface area contributed by atoms with Crippen molar-refractivity contribution in [2.45, 2.75) is 45.2 Å². The van der Waals surface area contributed by atoms with E-state index in [2.05, 4.69) is 30.7 Å². The van der Waals surface area contributed by atoms with Crippen molar-refractivity contribution in [3.63, 3.8) is 0 Å². The first-order valence-corrected chi connectivity index (χ1v) is 8.44. The number of hydrogen-bond acceptors (Lipinski definition) is 4. The van der Waals surface area contributed by atoms with E-state index in [-0.39, 0.29) is 11.9 Å². The van der Waals surface area contributed by atoms with Gasteiger partial charge in [-0.15, -0.1) is 0 Å². The molecule has 0 spiro atoms. The van der Waals surface area contributed by atoms with Crippen LogP contribution in [0.4, 0.5) is 0 Å². The van der Waals surface area contributed by atoms with Gasteiger partial charge in [0.2, 0.25) is 5.91 Å². The molecule has 0 aliphatic carbocycles. The number of carbonyl (C=O) groups excluding carboxylic acids is 1. The molecule has 0 radical (unpaired) electrons. The lowest BCUT2D eigenvalue weighted by Crippen LogP contribution is -2.56. The van der Waals surface area contributed by atoms with Crippen molar-refractivity contribution in [1.82, 2.24) is 14.7 Å². The summed E-state index contributed by atoms with van der Waals surface area (Å²) in [5.74, 6) is 0.621. The number of likely N-dealkylation sites (tertiary alicyclic amines) is 1. The third-order valence-corrected chi connectivity index (χ3v) is 4.87. The number of piperidine rings is 1. The number of nitrogens with zero attached hydrogens (tertiary/aromatic N) is 3. The number of hydrogen-bond donors (Lipinski definition) is 1. The van der Waals surface area contributed by atoms with Crippen LogP contribution >= 0.6 is 0 Å². The first kappa shape index (κ1) is 16.7. The largest absolute Gasteiger partial charge is 0.339 e. The standard InChI is InChI=1S/C16H32N4O/c1-13(2)12-15(17)16(21)20-10-8-19(9-11-20)14-4-6-18(3)7-5-14/h13-15H,4-12,17H2,1-3H3/t15-/m1/s1. The Hall–Kier alpha value is -0.650. The van der Waals surface area contributed by atoms with Crippen LogP contribution in [0.1, 0.15) is 33.1 Å². The third-order valence-electron chi connectivity index (χ3n) is 4.87. The molecule has 0 bridgehead atoms. The highest BCUT2D eigenvalue weighted by Gasteiger charge is 2.29. The van der Waals surface area contributed by atoms with Gasteiger partial charge in [-0.2, -0.15) is 0 Å². The second-order valence-electron chi connectivity index (χ2n) is 7.13. The minimum absolute atomic E-state index is 0.145. The molecule has 2 rings (SSSR count). The molecule has 1 amide bonds. The van der Waals surface area contributed by atoms with E-state index < -0.39 is 0 Å². The molecule has 5 nitrogen and oxygen atoms in total. The Balaban J connectivity index is 1.76. The number of nitrogens with two attached hydrogens (primary N) is 1. The van der Waals surface area contributed by atoms with E-state index in [1.165, 1.54) is 25.9 Å². The smallest absolute Gasteiger partial charge is 0.239 e. The molecule has 0 aromatic heterocycles. The van der Waals surface area contributed by atoms with E-state index in [4.69, 9.17) is 5.73 Å². The minimum atomic E-state index is -0.320. The lowest BCUT2D eigenvalue weighted by Gasteiger charge is -2.42. The molecule has 2 aliphatic heterocycles. The van der Waals surface area contributed by atoms with Gasteiger partial charge < -0.3 is 15.5 Å². The molecule has 2 aliphatic rings. The molecule has 2 saturated heterocycles. The molecule has 0 unspecified atom stereocenters. The fourth-order valence-corrected chi connectivity index (χ4v) is 3.51. The lowest BCUT2D eigenvalue weighted by atomic mass is 10.0. The second kappa shape index (κ2) is 7.56.